The number of rotatable bonds is 2. The molecule has 0 spiro atoms. The van der Waals surface area contributed by atoms with E-state index in [-0.39, 0.29) is 0 Å². The van der Waals surface area contributed by atoms with Crippen LogP contribution in [0.4, 0.5) is 0 Å². The monoisotopic (exact) mass is 251 g/mol. The van der Waals surface area contributed by atoms with Crippen molar-refractivity contribution in [3.8, 4) is 0 Å². The Hall–Kier alpha value is -1.35. The first-order valence-corrected chi connectivity index (χ1v) is 6.16. The Kier molecular flexibility index (Phi) is 4.15. The maximum Gasteiger partial charge on any atom is 0.365 e. The number of nitrogens with zero attached hydrogens (tertiary/aromatic N) is 1. The molecule has 1 aromatic rings. The molecule has 1 aromatic carbocycles. The van der Waals surface area contributed by atoms with Gasteiger partial charge in [-0.25, -0.2) is 4.79 Å². The SMILES string of the molecule is O=C(ON=C1CCCCC1)c1ccc(Cl)cc1. The predicted octanol–water partition coefficient (Wildman–Crippen LogP) is 3.82. The molecule has 1 fully saturated rings. The fourth-order valence-electron chi connectivity index (χ4n) is 1.80. The molecule has 0 heterocycles. The van der Waals surface area contributed by atoms with Crippen LogP contribution >= 0.6 is 11.6 Å². The Bertz CT molecular complexity index is 418. The molecule has 0 N–H and O–H groups in total. The molecule has 3 nitrogen and oxygen atoms in total. The second kappa shape index (κ2) is 5.82. The standard InChI is InChI=1S/C13H14ClNO2/c14-11-8-6-10(7-9-11)13(16)17-15-12-4-2-1-3-5-12/h6-9H,1-5H2. The highest BCUT2D eigenvalue weighted by molar-refractivity contribution is 6.30. The Morgan fingerprint density at radius 1 is 1.12 bits per heavy atom. The van der Waals surface area contributed by atoms with E-state index < -0.39 is 5.97 Å². The molecule has 0 aliphatic heterocycles. The van der Waals surface area contributed by atoms with Gasteiger partial charge >= 0.3 is 5.97 Å². The van der Waals surface area contributed by atoms with Crippen molar-refractivity contribution < 1.29 is 9.63 Å². The lowest BCUT2D eigenvalue weighted by atomic mass is 9.99. The van der Waals surface area contributed by atoms with E-state index in [1.807, 2.05) is 0 Å². The van der Waals surface area contributed by atoms with Gasteiger partial charge in [-0.05, 0) is 49.9 Å². The van der Waals surface area contributed by atoms with Gasteiger partial charge in [-0.1, -0.05) is 23.2 Å². The van der Waals surface area contributed by atoms with Crippen LogP contribution in [0.15, 0.2) is 29.4 Å². The molecule has 0 amide bonds. The van der Waals surface area contributed by atoms with Crippen LogP contribution in [0.3, 0.4) is 0 Å². The van der Waals surface area contributed by atoms with Crippen LogP contribution in [-0.2, 0) is 4.84 Å². The van der Waals surface area contributed by atoms with Crippen LogP contribution in [0.5, 0.6) is 0 Å². The summed E-state index contributed by atoms with van der Waals surface area (Å²) in [6.07, 6.45) is 5.39. The molecule has 1 aliphatic rings. The fraction of sp³-hybridized carbons (Fsp3) is 0.385. The van der Waals surface area contributed by atoms with Gasteiger partial charge in [-0.3, -0.25) is 0 Å². The highest BCUT2D eigenvalue weighted by Gasteiger charge is 2.10. The maximum atomic E-state index is 11.6. The highest BCUT2D eigenvalue weighted by atomic mass is 35.5. The van der Waals surface area contributed by atoms with Crippen molar-refractivity contribution in [2.45, 2.75) is 32.1 Å². The van der Waals surface area contributed by atoms with Crippen molar-refractivity contribution in [1.82, 2.24) is 0 Å². The summed E-state index contributed by atoms with van der Waals surface area (Å²) in [5.74, 6) is -0.431. The van der Waals surface area contributed by atoms with Gasteiger partial charge in [0.15, 0.2) is 0 Å². The zero-order chi connectivity index (χ0) is 12.1. The summed E-state index contributed by atoms with van der Waals surface area (Å²) in [6, 6.07) is 6.58. The molecular formula is C13H14ClNO2. The van der Waals surface area contributed by atoms with Crippen molar-refractivity contribution in [3.05, 3.63) is 34.9 Å². The van der Waals surface area contributed by atoms with Gasteiger partial charge in [-0.15, -0.1) is 0 Å². The van der Waals surface area contributed by atoms with Crippen molar-refractivity contribution in [1.29, 1.82) is 0 Å². The third-order valence-electron chi connectivity index (χ3n) is 2.77. The Balaban J connectivity index is 1.94. The van der Waals surface area contributed by atoms with Gasteiger partial charge in [0.05, 0.1) is 11.3 Å². The van der Waals surface area contributed by atoms with E-state index in [2.05, 4.69) is 5.16 Å². The molecule has 4 heteroatoms. The van der Waals surface area contributed by atoms with Gasteiger partial charge < -0.3 is 4.84 Å². The third-order valence-corrected chi connectivity index (χ3v) is 3.02. The van der Waals surface area contributed by atoms with Crippen molar-refractivity contribution >= 4 is 23.3 Å². The van der Waals surface area contributed by atoms with Crippen molar-refractivity contribution in [2.24, 2.45) is 5.16 Å². The minimum Gasteiger partial charge on any atom is -0.313 e. The van der Waals surface area contributed by atoms with E-state index in [1.54, 1.807) is 24.3 Å². The second-order valence-electron chi connectivity index (χ2n) is 4.10. The molecule has 17 heavy (non-hydrogen) atoms. The quantitative estimate of drug-likeness (QED) is 0.592. The van der Waals surface area contributed by atoms with E-state index in [0.717, 1.165) is 31.4 Å². The van der Waals surface area contributed by atoms with E-state index in [4.69, 9.17) is 16.4 Å². The topological polar surface area (TPSA) is 38.7 Å². The summed E-state index contributed by atoms with van der Waals surface area (Å²) < 4.78 is 0. The Morgan fingerprint density at radius 2 is 1.76 bits per heavy atom. The number of hydrogen-bond acceptors (Lipinski definition) is 3. The van der Waals surface area contributed by atoms with Gasteiger partial charge in [0.1, 0.15) is 0 Å². The average Bonchev–Trinajstić information content (AvgIpc) is 2.38. The number of halogens is 1. The first-order valence-electron chi connectivity index (χ1n) is 5.78. The first-order chi connectivity index (χ1) is 8.25. The Labute approximate surface area is 105 Å². The maximum absolute atomic E-state index is 11.6. The van der Waals surface area contributed by atoms with E-state index >= 15 is 0 Å². The molecule has 1 aliphatic carbocycles. The molecule has 0 bridgehead atoms. The normalized spacial score (nSPS) is 15.5. The number of carbonyl (C=O) groups is 1. The van der Waals surface area contributed by atoms with Gasteiger partial charge in [0.25, 0.3) is 0 Å². The van der Waals surface area contributed by atoms with E-state index in [1.165, 1.54) is 6.42 Å². The zero-order valence-corrected chi connectivity index (χ0v) is 10.2. The first kappa shape index (κ1) is 12.1. The average molecular weight is 252 g/mol. The predicted molar refractivity (Wildman–Crippen MR) is 67.4 cm³/mol. The summed E-state index contributed by atoms with van der Waals surface area (Å²) in [6.45, 7) is 0. The molecule has 1 saturated carbocycles. The summed E-state index contributed by atoms with van der Waals surface area (Å²) in [5, 5.41) is 4.51. The van der Waals surface area contributed by atoms with Crippen LogP contribution in [0.2, 0.25) is 5.02 Å². The van der Waals surface area contributed by atoms with Crippen LogP contribution in [-0.4, -0.2) is 11.7 Å². The summed E-state index contributed by atoms with van der Waals surface area (Å²) in [4.78, 5) is 16.5. The second-order valence-corrected chi connectivity index (χ2v) is 4.54. The number of oxime groups is 1. The van der Waals surface area contributed by atoms with E-state index in [9.17, 15) is 4.79 Å². The number of hydrogen-bond donors (Lipinski definition) is 0. The molecule has 0 radical (unpaired) electrons. The van der Waals surface area contributed by atoms with Gasteiger partial charge in [-0.2, -0.15) is 0 Å². The lowest BCUT2D eigenvalue weighted by Gasteiger charge is -2.10. The molecule has 0 atom stereocenters. The number of benzene rings is 1. The van der Waals surface area contributed by atoms with Crippen LogP contribution in [0, 0.1) is 0 Å². The Morgan fingerprint density at radius 3 is 2.41 bits per heavy atom. The van der Waals surface area contributed by atoms with Crippen molar-refractivity contribution in [3.63, 3.8) is 0 Å². The van der Waals surface area contributed by atoms with Gasteiger partial charge in [0, 0.05) is 5.02 Å². The lowest BCUT2D eigenvalue weighted by Crippen LogP contribution is -2.08. The molecule has 2 rings (SSSR count). The highest BCUT2D eigenvalue weighted by Crippen LogP contribution is 2.15. The summed E-state index contributed by atoms with van der Waals surface area (Å²) in [7, 11) is 0. The molecule has 0 aromatic heterocycles. The molecule has 0 saturated heterocycles. The molecule has 0 unspecified atom stereocenters. The smallest absolute Gasteiger partial charge is 0.313 e. The van der Waals surface area contributed by atoms with Crippen LogP contribution in [0.25, 0.3) is 0 Å². The summed E-state index contributed by atoms with van der Waals surface area (Å²) in [5.41, 5.74) is 1.45. The minimum atomic E-state index is -0.431. The minimum absolute atomic E-state index is 0.431. The summed E-state index contributed by atoms with van der Waals surface area (Å²) >= 11 is 5.74. The largest absolute Gasteiger partial charge is 0.365 e. The fourth-order valence-corrected chi connectivity index (χ4v) is 1.92. The van der Waals surface area contributed by atoms with Crippen molar-refractivity contribution in [2.75, 3.05) is 0 Å². The zero-order valence-electron chi connectivity index (χ0n) is 9.49. The number of carbonyl (C=O) groups excluding carboxylic acids is 1. The van der Waals surface area contributed by atoms with Crippen LogP contribution < -0.4 is 0 Å². The molecular weight excluding hydrogens is 238 g/mol. The molecule has 90 valence electrons. The van der Waals surface area contributed by atoms with Gasteiger partial charge in [0.2, 0.25) is 0 Å². The van der Waals surface area contributed by atoms with Crippen LogP contribution in [0.1, 0.15) is 42.5 Å². The van der Waals surface area contributed by atoms with E-state index in [0.29, 0.717) is 10.6 Å². The third kappa shape index (κ3) is 3.56. The lowest BCUT2D eigenvalue weighted by molar-refractivity contribution is 0.0513.